The molecule has 0 radical (unpaired) electrons. The van der Waals surface area contributed by atoms with E-state index in [-0.39, 0.29) is 18.0 Å². The topological polar surface area (TPSA) is 89.7 Å². The van der Waals surface area contributed by atoms with Crippen LogP contribution in [-0.4, -0.2) is 43.3 Å². The molecule has 0 bridgehead atoms. The van der Waals surface area contributed by atoms with Crippen molar-refractivity contribution in [1.82, 2.24) is 29.6 Å². The number of benzene rings is 1. The van der Waals surface area contributed by atoms with Crippen LogP contribution in [-0.2, 0) is 0 Å². The molecule has 0 unspecified atom stereocenters. The van der Waals surface area contributed by atoms with E-state index in [4.69, 9.17) is 4.98 Å². The molecule has 1 saturated heterocycles. The van der Waals surface area contributed by atoms with Crippen molar-refractivity contribution in [3.8, 4) is 0 Å². The van der Waals surface area contributed by atoms with E-state index < -0.39 is 0 Å². The second-order valence-corrected chi connectivity index (χ2v) is 8.85. The number of carbonyl (C=O) groups excluding carboxylic acids is 1. The number of amides is 1. The lowest BCUT2D eigenvalue weighted by Crippen LogP contribution is -2.25. The highest BCUT2D eigenvalue weighted by Crippen LogP contribution is 2.34. The Morgan fingerprint density at radius 2 is 2.12 bits per heavy atom. The van der Waals surface area contributed by atoms with Gasteiger partial charge in [-0.2, -0.15) is 5.10 Å². The van der Waals surface area contributed by atoms with Crippen molar-refractivity contribution in [2.24, 2.45) is 0 Å². The molecule has 2 N–H and O–H groups in total. The SMILES string of the molecule is Cc1cc(C(=O)Nc2nc3ccc4c(cnn4C(C)C)c3n2[C@@H]2CCCCNC2)ccn1. The molecule has 8 heteroatoms. The molecule has 8 nitrogen and oxygen atoms in total. The fourth-order valence-electron chi connectivity index (χ4n) is 4.65. The fourth-order valence-corrected chi connectivity index (χ4v) is 4.65. The summed E-state index contributed by atoms with van der Waals surface area (Å²) in [5.41, 5.74) is 4.36. The number of pyridine rings is 1. The number of imidazole rings is 1. The minimum absolute atomic E-state index is 0.178. The van der Waals surface area contributed by atoms with Gasteiger partial charge in [-0.05, 0) is 64.4 Å². The van der Waals surface area contributed by atoms with Crippen molar-refractivity contribution >= 4 is 33.8 Å². The first-order valence-corrected chi connectivity index (χ1v) is 11.4. The Balaban J connectivity index is 1.66. The predicted octanol–water partition coefficient (Wildman–Crippen LogP) is 4.24. The van der Waals surface area contributed by atoms with Gasteiger partial charge < -0.3 is 9.88 Å². The molecule has 1 aliphatic rings. The Labute approximate surface area is 187 Å². The zero-order valence-corrected chi connectivity index (χ0v) is 18.8. The zero-order valence-electron chi connectivity index (χ0n) is 18.8. The van der Waals surface area contributed by atoms with Gasteiger partial charge in [0.25, 0.3) is 5.91 Å². The van der Waals surface area contributed by atoms with Gasteiger partial charge in [0.1, 0.15) is 0 Å². The summed E-state index contributed by atoms with van der Waals surface area (Å²) in [7, 11) is 0. The molecule has 0 spiro atoms. The monoisotopic (exact) mass is 431 g/mol. The average Bonchev–Trinajstić information content (AvgIpc) is 3.25. The largest absolute Gasteiger partial charge is 0.315 e. The Morgan fingerprint density at radius 3 is 2.94 bits per heavy atom. The molecule has 1 amide bonds. The van der Waals surface area contributed by atoms with Gasteiger partial charge in [0.15, 0.2) is 0 Å². The standard InChI is InChI=1S/C24H29N7O/c1-15(2)31-21-8-7-20-22(19(21)14-27-31)30(18-6-4-5-10-25-13-18)24(28-20)29-23(32)17-9-11-26-16(3)12-17/h7-9,11-12,14-15,18,25H,4-6,10,13H2,1-3H3,(H,28,29,32)/t18-/m1/s1. The summed E-state index contributed by atoms with van der Waals surface area (Å²) in [4.78, 5) is 22.1. The molecule has 4 heterocycles. The Hall–Kier alpha value is -3.26. The minimum atomic E-state index is -0.178. The van der Waals surface area contributed by atoms with E-state index in [9.17, 15) is 4.79 Å². The third-order valence-corrected chi connectivity index (χ3v) is 6.19. The van der Waals surface area contributed by atoms with E-state index in [1.165, 1.54) is 0 Å². The first-order chi connectivity index (χ1) is 15.5. The lowest BCUT2D eigenvalue weighted by atomic mass is 10.1. The molecule has 1 atom stereocenters. The summed E-state index contributed by atoms with van der Waals surface area (Å²) >= 11 is 0. The number of nitrogens with zero attached hydrogens (tertiary/aromatic N) is 5. The van der Waals surface area contributed by atoms with Gasteiger partial charge in [0.2, 0.25) is 5.95 Å². The lowest BCUT2D eigenvalue weighted by Gasteiger charge is -2.20. The molecular formula is C24H29N7O. The smallest absolute Gasteiger partial charge is 0.258 e. The molecule has 166 valence electrons. The van der Waals surface area contributed by atoms with E-state index in [1.807, 2.05) is 23.9 Å². The first kappa shape index (κ1) is 20.6. The van der Waals surface area contributed by atoms with Crippen LogP contribution in [0.3, 0.4) is 0 Å². The van der Waals surface area contributed by atoms with E-state index in [0.29, 0.717) is 11.5 Å². The van der Waals surface area contributed by atoms with E-state index in [2.05, 4.69) is 45.2 Å². The van der Waals surface area contributed by atoms with Crippen molar-refractivity contribution in [3.05, 3.63) is 47.9 Å². The van der Waals surface area contributed by atoms with Gasteiger partial charge in [0, 0.05) is 41.5 Å². The van der Waals surface area contributed by atoms with Crippen LogP contribution < -0.4 is 10.6 Å². The van der Waals surface area contributed by atoms with Crippen LogP contribution in [0.15, 0.2) is 36.7 Å². The number of fused-ring (bicyclic) bond motifs is 3. The van der Waals surface area contributed by atoms with Gasteiger partial charge >= 0.3 is 0 Å². The number of anilines is 1. The van der Waals surface area contributed by atoms with Crippen molar-refractivity contribution in [2.45, 2.75) is 52.1 Å². The molecular weight excluding hydrogens is 402 g/mol. The maximum Gasteiger partial charge on any atom is 0.258 e. The first-order valence-electron chi connectivity index (χ1n) is 11.4. The Kier molecular flexibility index (Phi) is 5.38. The summed E-state index contributed by atoms with van der Waals surface area (Å²) in [5.74, 6) is 0.403. The summed E-state index contributed by atoms with van der Waals surface area (Å²) in [6.45, 7) is 8.00. The van der Waals surface area contributed by atoms with Crippen LogP contribution in [0.5, 0.6) is 0 Å². The molecule has 1 fully saturated rings. The summed E-state index contributed by atoms with van der Waals surface area (Å²) in [6, 6.07) is 8.09. The van der Waals surface area contributed by atoms with Crippen molar-refractivity contribution in [2.75, 3.05) is 18.4 Å². The zero-order chi connectivity index (χ0) is 22.2. The van der Waals surface area contributed by atoms with Gasteiger partial charge in [0.05, 0.1) is 22.7 Å². The second kappa shape index (κ2) is 8.35. The van der Waals surface area contributed by atoms with Crippen LogP contribution in [0.4, 0.5) is 5.95 Å². The molecule has 0 aliphatic carbocycles. The number of hydrogen-bond acceptors (Lipinski definition) is 5. The third kappa shape index (κ3) is 3.64. The number of aryl methyl sites for hydroxylation is 1. The molecule has 0 saturated carbocycles. The van der Waals surface area contributed by atoms with E-state index in [1.54, 1.807) is 18.3 Å². The highest BCUT2D eigenvalue weighted by molar-refractivity contribution is 6.07. The Bertz CT molecular complexity index is 1280. The quantitative estimate of drug-likeness (QED) is 0.505. The lowest BCUT2D eigenvalue weighted by molar-refractivity contribution is 0.102. The number of aromatic nitrogens is 5. The molecule has 32 heavy (non-hydrogen) atoms. The van der Waals surface area contributed by atoms with E-state index in [0.717, 1.165) is 60.0 Å². The van der Waals surface area contributed by atoms with Crippen LogP contribution in [0.1, 0.15) is 61.2 Å². The summed E-state index contributed by atoms with van der Waals surface area (Å²) in [5, 5.41) is 12.3. The number of rotatable bonds is 4. The predicted molar refractivity (Wildman–Crippen MR) is 126 cm³/mol. The molecule has 3 aromatic heterocycles. The highest BCUT2D eigenvalue weighted by Gasteiger charge is 2.24. The van der Waals surface area contributed by atoms with Gasteiger partial charge in [-0.3, -0.25) is 19.8 Å². The number of hydrogen-bond donors (Lipinski definition) is 2. The minimum Gasteiger partial charge on any atom is -0.315 e. The molecule has 4 aromatic rings. The molecule has 5 rings (SSSR count). The van der Waals surface area contributed by atoms with Gasteiger partial charge in [-0.15, -0.1) is 0 Å². The van der Waals surface area contributed by atoms with Crippen molar-refractivity contribution in [3.63, 3.8) is 0 Å². The normalized spacial score (nSPS) is 17.2. The van der Waals surface area contributed by atoms with Crippen LogP contribution in [0, 0.1) is 6.92 Å². The van der Waals surface area contributed by atoms with Gasteiger partial charge in [-0.25, -0.2) is 4.98 Å². The second-order valence-electron chi connectivity index (χ2n) is 8.85. The third-order valence-electron chi connectivity index (χ3n) is 6.19. The van der Waals surface area contributed by atoms with Crippen LogP contribution in [0.25, 0.3) is 21.9 Å². The van der Waals surface area contributed by atoms with Crippen LogP contribution >= 0.6 is 0 Å². The van der Waals surface area contributed by atoms with E-state index >= 15 is 0 Å². The van der Waals surface area contributed by atoms with Gasteiger partial charge in [-0.1, -0.05) is 6.42 Å². The number of carbonyl (C=O) groups is 1. The summed E-state index contributed by atoms with van der Waals surface area (Å²) in [6.07, 6.45) is 6.91. The summed E-state index contributed by atoms with van der Waals surface area (Å²) < 4.78 is 4.25. The van der Waals surface area contributed by atoms with Crippen LogP contribution in [0.2, 0.25) is 0 Å². The molecule has 1 aromatic carbocycles. The highest BCUT2D eigenvalue weighted by atomic mass is 16.1. The molecule has 1 aliphatic heterocycles. The van der Waals surface area contributed by atoms with Crippen molar-refractivity contribution in [1.29, 1.82) is 0 Å². The maximum absolute atomic E-state index is 13.1. The van der Waals surface area contributed by atoms with Crippen molar-refractivity contribution < 1.29 is 4.79 Å². The fraction of sp³-hybridized carbons (Fsp3) is 0.417. The maximum atomic E-state index is 13.1. The average molecular weight is 432 g/mol. The Morgan fingerprint density at radius 1 is 1.25 bits per heavy atom. The number of nitrogens with one attached hydrogen (secondary N) is 2.